The van der Waals surface area contributed by atoms with E-state index in [-0.39, 0.29) is 29.7 Å². The molecule has 14 heavy (non-hydrogen) atoms. The molecule has 0 aromatic rings. The normalized spacial score (nSPS) is 29.3. The number of hydrogen-bond donors (Lipinski definition) is 1. The van der Waals surface area contributed by atoms with E-state index in [1.165, 1.54) is 6.42 Å². The molecule has 1 aliphatic carbocycles. The van der Waals surface area contributed by atoms with Gasteiger partial charge in [-0.1, -0.05) is 6.42 Å². The number of aliphatic hydroxyl groups is 1. The first-order valence-corrected chi connectivity index (χ1v) is 5.70. The molecule has 0 radical (unpaired) electrons. The molecule has 0 aromatic carbocycles. The predicted molar refractivity (Wildman–Crippen MR) is 54.2 cm³/mol. The van der Waals surface area contributed by atoms with Crippen LogP contribution in [0.5, 0.6) is 0 Å². The third-order valence-electron chi connectivity index (χ3n) is 3.85. The molecular weight excluding hydrogens is 202 g/mol. The van der Waals surface area contributed by atoms with Crippen molar-refractivity contribution in [3.63, 3.8) is 0 Å². The Labute approximate surface area is 89.0 Å². The average Bonchev–Trinajstić information content (AvgIpc) is 2.55. The zero-order chi connectivity index (χ0) is 10.2. The van der Waals surface area contributed by atoms with E-state index in [9.17, 15) is 9.90 Å². The number of nitrogens with zero attached hydrogens (tertiary/aromatic N) is 1. The summed E-state index contributed by atoms with van der Waals surface area (Å²) >= 11 is 5.52. The van der Waals surface area contributed by atoms with Gasteiger partial charge in [0.1, 0.15) is 5.88 Å². The van der Waals surface area contributed by atoms with Gasteiger partial charge in [0.05, 0.1) is 0 Å². The van der Waals surface area contributed by atoms with Crippen LogP contribution in [0.3, 0.4) is 0 Å². The van der Waals surface area contributed by atoms with E-state index < -0.39 is 0 Å². The quantitative estimate of drug-likeness (QED) is 0.697. The standard InChI is InChI=1S/C10H16ClNO2/c11-4-9(14)12-5-8(6-13)10(7-12)2-1-3-10/h8,13H,1-7H2/t8-/m1/s1. The van der Waals surface area contributed by atoms with E-state index in [0.717, 1.165) is 19.4 Å². The highest BCUT2D eigenvalue weighted by Crippen LogP contribution is 2.51. The van der Waals surface area contributed by atoms with E-state index in [1.807, 2.05) is 4.90 Å². The van der Waals surface area contributed by atoms with Gasteiger partial charge in [-0.2, -0.15) is 0 Å². The third kappa shape index (κ3) is 1.43. The van der Waals surface area contributed by atoms with Crippen LogP contribution in [0.15, 0.2) is 0 Å². The van der Waals surface area contributed by atoms with E-state index in [1.54, 1.807) is 0 Å². The van der Waals surface area contributed by atoms with Crippen molar-refractivity contribution in [1.29, 1.82) is 0 Å². The van der Waals surface area contributed by atoms with Crippen molar-refractivity contribution >= 4 is 17.5 Å². The number of hydrogen-bond acceptors (Lipinski definition) is 2. The van der Waals surface area contributed by atoms with Crippen LogP contribution < -0.4 is 0 Å². The van der Waals surface area contributed by atoms with Crippen LogP contribution in [0, 0.1) is 11.3 Å². The van der Waals surface area contributed by atoms with Gasteiger partial charge in [-0.25, -0.2) is 0 Å². The SMILES string of the molecule is O=C(CCl)N1C[C@H](CO)C2(CCC2)C1. The van der Waals surface area contributed by atoms with Crippen LogP contribution in [0.4, 0.5) is 0 Å². The first kappa shape index (κ1) is 10.2. The molecule has 0 bridgehead atoms. The molecule has 0 unspecified atom stereocenters. The van der Waals surface area contributed by atoms with Crippen LogP contribution in [0.1, 0.15) is 19.3 Å². The van der Waals surface area contributed by atoms with Gasteiger partial charge >= 0.3 is 0 Å². The Bertz CT molecular complexity index is 240. The highest BCUT2D eigenvalue weighted by Gasteiger charge is 2.50. The van der Waals surface area contributed by atoms with Crippen LogP contribution >= 0.6 is 11.6 Å². The van der Waals surface area contributed by atoms with E-state index in [0.29, 0.717) is 6.54 Å². The fourth-order valence-corrected chi connectivity index (χ4v) is 2.93. The summed E-state index contributed by atoms with van der Waals surface area (Å²) in [5, 5.41) is 9.27. The molecule has 1 aliphatic heterocycles. The van der Waals surface area contributed by atoms with Gasteiger partial charge < -0.3 is 10.0 Å². The van der Waals surface area contributed by atoms with Crippen LogP contribution in [0.25, 0.3) is 0 Å². The fraction of sp³-hybridized carbons (Fsp3) is 0.900. The maximum atomic E-state index is 11.4. The third-order valence-corrected chi connectivity index (χ3v) is 4.08. The molecule has 3 nitrogen and oxygen atoms in total. The Morgan fingerprint density at radius 1 is 1.57 bits per heavy atom. The average molecular weight is 218 g/mol. The number of alkyl halides is 1. The molecule has 1 saturated heterocycles. The van der Waals surface area contributed by atoms with Gasteiger partial charge in [-0.15, -0.1) is 11.6 Å². The molecule has 1 amide bonds. The number of rotatable bonds is 2. The van der Waals surface area contributed by atoms with Gasteiger partial charge in [-0.05, 0) is 18.3 Å². The molecule has 2 aliphatic rings. The van der Waals surface area contributed by atoms with E-state index >= 15 is 0 Å². The summed E-state index contributed by atoms with van der Waals surface area (Å²) in [7, 11) is 0. The second-order valence-electron chi connectivity index (χ2n) is 4.50. The molecule has 0 aromatic heterocycles. The summed E-state index contributed by atoms with van der Waals surface area (Å²) in [4.78, 5) is 13.2. The number of likely N-dealkylation sites (tertiary alicyclic amines) is 1. The second-order valence-corrected chi connectivity index (χ2v) is 4.77. The van der Waals surface area contributed by atoms with Crippen molar-refractivity contribution in [2.75, 3.05) is 25.6 Å². The predicted octanol–water partition coefficient (Wildman–Crippen LogP) is 0.846. The van der Waals surface area contributed by atoms with Crippen molar-refractivity contribution in [3.8, 4) is 0 Å². The smallest absolute Gasteiger partial charge is 0.237 e. The largest absolute Gasteiger partial charge is 0.396 e. The lowest BCUT2D eigenvalue weighted by atomic mass is 9.63. The van der Waals surface area contributed by atoms with E-state index in [4.69, 9.17) is 11.6 Å². The molecular formula is C10H16ClNO2. The van der Waals surface area contributed by atoms with Gasteiger partial charge in [0.25, 0.3) is 0 Å². The highest BCUT2D eigenvalue weighted by molar-refractivity contribution is 6.27. The van der Waals surface area contributed by atoms with Crippen molar-refractivity contribution in [2.24, 2.45) is 11.3 Å². The maximum Gasteiger partial charge on any atom is 0.237 e. The molecule has 1 spiro atoms. The summed E-state index contributed by atoms with van der Waals surface area (Å²) < 4.78 is 0. The summed E-state index contributed by atoms with van der Waals surface area (Å²) in [6.45, 7) is 1.71. The summed E-state index contributed by atoms with van der Waals surface area (Å²) in [5.74, 6) is 0.353. The summed E-state index contributed by atoms with van der Waals surface area (Å²) in [6, 6.07) is 0. The Morgan fingerprint density at radius 2 is 2.29 bits per heavy atom. The highest BCUT2D eigenvalue weighted by atomic mass is 35.5. The summed E-state index contributed by atoms with van der Waals surface area (Å²) in [5.41, 5.74) is 0.233. The van der Waals surface area contributed by atoms with Gasteiger partial charge in [0.15, 0.2) is 0 Å². The zero-order valence-electron chi connectivity index (χ0n) is 8.21. The van der Waals surface area contributed by atoms with Crippen molar-refractivity contribution < 1.29 is 9.90 Å². The minimum Gasteiger partial charge on any atom is -0.396 e. The van der Waals surface area contributed by atoms with Crippen LogP contribution in [0.2, 0.25) is 0 Å². The Morgan fingerprint density at radius 3 is 2.64 bits per heavy atom. The van der Waals surface area contributed by atoms with Gasteiger partial charge in [0.2, 0.25) is 5.91 Å². The zero-order valence-corrected chi connectivity index (χ0v) is 8.96. The lowest BCUT2D eigenvalue weighted by molar-refractivity contribution is -0.128. The Hall–Kier alpha value is -0.280. The number of amides is 1. The minimum atomic E-state index is 0.00823. The van der Waals surface area contributed by atoms with E-state index in [2.05, 4.69) is 0 Å². The Balaban J connectivity index is 2.04. The van der Waals surface area contributed by atoms with Crippen LogP contribution in [-0.4, -0.2) is 41.5 Å². The fourth-order valence-electron chi connectivity index (χ4n) is 2.76. The topological polar surface area (TPSA) is 40.5 Å². The number of carbonyl (C=O) groups excluding carboxylic acids is 1. The summed E-state index contributed by atoms with van der Waals surface area (Å²) in [6.07, 6.45) is 3.55. The maximum absolute atomic E-state index is 11.4. The van der Waals surface area contributed by atoms with Crippen molar-refractivity contribution in [1.82, 2.24) is 4.90 Å². The molecule has 1 heterocycles. The molecule has 1 N–H and O–H groups in total. The van der Waals surface area contributed by atoms with Gasteiger partial charge in [0, 0.05) is 25.6 Å². The molecule has 1 atom stereocenters. The van der Waals surface area contributed by atoms with Crippen LogP contribution in [-0.2, 0) is 4.79 Å². The van der Waals surface area contributed by atoms with Crippen molar-refractivity contribution in [3.05, 3.63) is 0 Å². The Kier molecular flexibility index (Phi) is 2.71. The lowest BCUT2D eigenvalue weighted by Crippen LogP contribution is -2.39. The first-order valence-electron chi connectivity index (χ1n) is 5.16. The molecule has 2 rings (SSSR count). The molecule has 2 fully saturated rings. The monoisotopic (exact) mass is 217 g/mol. The minimum absolute atomic E-state index is 0.00823. The molecule has 80 valence electrons. The second kappa shape index (κ2) is 3.70. The van der Waals surface area contributed by atoms with Gasteiger partial charge in [-0.3, -0.25) is 4.79 Å². The molecule has 1 saturated carbocycles. The number of carbonyl (C=O) groups is 1. The lowest BCUT2D eigenvalue weighted by Gasteiger charge is -2.42. The molecule has 4 heteroatoms. The number of halogens is 1. The number of aliphatic hydroxyl groups excluding tert-OH is 1. The van der Waals surface area contributed by atoms with Crippen molar-refractivity contribution in [2.45, 2.75) is 19.3 Å². The first-order chi connectivity index (χ1) is 6.72.